The number of quaternary nitrogens is 1. The van der Waals surface area contributed by atoms with Crippen molar-refractivity contribution in [3.8, 4) is 0 Å². The van der Waals surface area contributed by atoms with E-state index in [1.54, 1.807) is 0 Å². The monoisotopic (exact) mass is 511 g/mol. The van der Waals surface area contributed by atoms with Crippen molar-refractivity contribution in [2.45, 2.75) is 142 Å². The van der Waals surface area contributed by atoms with Gasteiger partial charge in [-0.2, -0.15) is 0 Å². The Morgan fingerprint density at radius 1 is 0.750 bits per heavy atom. The minimum atomic E-state index is -0.446. The maximum absolute atomic E-state index is 11.9. The molecular formula is C31H61NO4+. The largest absolute Gasteiger partial charge is 0.460 e. The fourth-order valence-electron chi connectivity index (χ4n) is 4.33. The number of ether oxygens (including phenoxy) is 2. The summed E-state index contributed by atoms with van der Waals surface area (Å²) < 4.78 is 12.2. The Balaban J connectivity index is 3.69. The lowest BCUT2D eigenvalue weighted by Crippen LogP contribution is -2.35. The van der Waals surface area contributed by atoms with Crippen LogP contribution < -0.4 is 0 Å². The molecule has 0 aromatic rings. The molecule has 1 atom stereocenters. The molecule has 0 spiro atoms. The highest BCUT2D eigenvalue weighted by Gasteiger charge is 2.17. The third kappa shape index (κ3) is 27.6. The van der Waals surface area contributed by atoms with Crippen LogP contribution in [0.15, 0.2) is 0 Å². The third-order valence-corrected chi connectivity index (χ3v) is 6.57. The fraction of sp³-hybridized carbons (Fsp3) is 0.903. The number of rotatable bonds is 27. The van der Waals surface area contributed by atoms with E-state index in [2.05, 4.69) is 34.5 Å². The molecule has 0 aliphatic rings. The lowest BCUT2D eigenvalue weighted by molar-refractivity contribution is -0.870. The van der Waals surface area contributed by atoms with Crippen LogP contribution in [0.1, 0.15) is 136 Å². The standard InChI is InChI=1S/C31H61NO4/c1-6-7-8-9-10-11-12-13-14-15-16-17-18-19-20-23-26-35-28-30(36-31(34)27-29(2)33)24-21-22-25-32(3,4)5/h21,30H,6-20,22-28H2,1-5H3/q+1. The summed E-state index contributed by atoms with van der Waals surface area (Å²) in [6.07, 6.45) is 25.1. The third-order valence-electron chi connectivity index (χ3n) is 6.57. The van der Waals surface area contributed by atoms with Crippen LogP contribution in [0.25, 0.3) is 0 Å². The molecule has 1 unspecified atom stereocenters. The molecule has 5 heteroatoms. The first kappa shape index (κ1) is 35.1. The topological polar surface area (TPSA) is 52.6 Å². The van der Waals surface area contributed by atoms with Gasteiger partial charge in [0.1, 0.15) is 18.3 Å². The van der Waals surface area contributed by atoms with Gasteiger partial charge in [0.05, 0.1) is 34.3 Å². The van der Waals surface area contributed by atoms with Crippen molar-refractivity contribution in [3.05, 3.63) is 6.42 Å². The van der Waals surface area contributed by atoms with Crippen LogP contribution in [0, 0.1) is 6.42 Å². The van der Waals surface area contributed by atoms with Crippen LogP contribution in [0.3, 0.4) is 0 Å². The number of nitrogens with zero attached hydrogens (tertiary/aromatic N) is 1. The van der Waals surface area contributed by atoms with Crippen molar-refractivity contribution < 1.29 is 23.5 Å². The molecule has 5 nitrogen and oxygen atoms in total. The molecule has 0 saturated heterocycles. The summed E-state index contributed by atoms with van der Waals surface area (Å²) in [6, 6.07) is 0. The predicted molar refractivity (Wildman–Crippen MR) is 152 cm³/mol. The van der Waals surface area contributed by atoms with Crippen LogP contribution >= 0.6 is 0 Å². The Bertz CT molecular complexity index is 515. The van der Waals surface area contributed by atoms with Gasteiger partial charge in [-0.1, -0.05) is 103 Å². The Hall–Kier alpha value is -0.940. The summed E-state index contributed by atoms with van der Waals surface area (Å²) in [7, 11) is 6.50. The number of carbonyl (C=O) groups is 2. The molecule has 0 aromatic heterocycles. The van der Waals surface area contributed by atoms with Crippen LogP contribution in [0.4, 0.5) is 0 Å². The molecule has 213 valence electrons. The number of carbonyl (C=O) groups excluding carboxylic acids is 2. The minimum Gasteiger partial charge on any atom is -0.460 e. The molecule has 0 rings (SSSR count). The van der Waals surface area contributed by atoms with E-state index in [1.165, 1.54) is 103 Å². The van der Waals surface area contributed by atoms with E-state index in [9.17, 15) is 9.59 Å². The molecule has 0 aliphatic heterocycles. The molecule has 36 heavy (non-hydrogen) atoms. The summed E-state index contributed by atoms with van der Waals surface area (Å²) in [6.45, 7) is 5.84. The second-order valence-corrected chi connectivity index (χ2v) is 11.7. The first-order valence-electron chi connectivity index (χ1n) is 15.1. The lowest BCUT2D eigenvalue weighted by atomic mass is 10.0. The zero-order valence-electron chi connectivity index (χ0n) is 24.8. The zero-order valence-corrected chi connectivity index (χ0v) is 24.8. The van der Waals surface area contributed by atoms with Crippen molar-refractivity contribution in [1.29, 1.82) is 0 Å². The number of unbranched alkanes of at least 4 members (excludes halogenated alkanes) is 16. The first-order valence-corrected chi connectivity index (χ1v) is 15.1. The Kier molecular flexibility index (Phi) is 23.8. The Morgan fingerprint density at radius 2 is 1.22 bits per heavy atom. The fourth-order valence-corrected chi connectivity index (χ4v) is 4.33. The van der Waals surface area contributed by atoms with E-state index in [1.807, 2.05) is 0 Å². The van der Waals surface area contributed by atoms with Gasteiger partial charge in [-0.25, -0.2) is 0 Å². The molecule has 1 radical (unpaired) electrons. The molecule has 0 aromatic carbocycles. The van der Waals surface area contributed by atoms with Gasteiger partial charge in [0.2, 0.25) is 0 Å². The molecule has 0 heterocycles. The van der Waals surface area contributed by atoms with Gasteiger partial charge in [0, 0.05) is 6.61 Å². The van der Waals surface area contributed by atoms with Crippen LogP contribution in [-0.4, -0.2) is 63.2 Å². The maximum atomic E-state index is 11.9. The van der Waals surface area contributed by atoms with Gasteiger partial charge < -0.3 is 14.0 Å². The molecule has 0 N–H and O–H groups in total. The van der Waals surface area contributed by atoms with Gasteiger partial charge in [-0.05, 0) is 32.6 Å². The van der Waals surface area contributed by atoms with Gasteiger partial charge >= 0.3 is 5.97 Å². The Labute approximate surface area is 224 Å². The second-order valence-electron chi connectivity index (χ2n) is 11.7. The van der Waals surface area contributed by atoms with Crippen molar-refractivity contribution >= 4 is 11.8 Å². The quantitative estimate of drug-likeness (QED) is 0.0488. The Morgan fingerprint density at radius 3 is 1.67 bits per heavy atom. The van der Waals surface area contributed by atoms with Crippen molar-refractivity contribution in [1.82, 2.24) is 0 Å². The first-order chi connectivity index (χ1) is 17.2. The smallest absolute Gasteiger partial charge is 0.313 e. The average Bonchev–Trinajstić information content (AvgIpc) is 2.79. The van der Waals surface area contributed by atoms with E-state index in [0.717, 1.165) is 23.9 Å². The van der Waals surface area contributed by atoms with Gasteiger partial charge in [0.15, 0.2) is 0 Å². The molecular weight excluding hydrogens is 450 g/mol. The SMILES string of the molecule is CCCCCCCCCCCCCCCCCCOCC(C[CH]CC[N+](C)(C)C)OC(=O)CC(C)=O. The maximum Gasteiger partial charge on any atom is 0.313 e. The summed E-state index contributed by atoms with van der Waals surface area (Å²) in [4.78, 5) is 23.1. The minimum absolute atomic E-state index is 0.158. The van der Waals surface area contributed by atoms with E-state index in [-0.39, 0.29) is 18.3 Å². The van der Waals surface area contributed by atoms with E-state index in [0.29, 0.717) is 19.6 Å². The summed E-state index contributed by atoms with van der Waals surface area (Å²) >= 11 is 0. The second kappa shape index (κ2) is 24.4. The van der Waals surface area contributed by atoms with E-state index < -0.39 is 5.97 Å². The summed E-state index contributed by atoms with van der Waals surface area (Å²) in [5.74, 6) is -0.611. The molecule has 0 fully saturated rings. The van der Waals surface area contributed by atoms with Crippen molar-refractivity contribution in [3.63, 3.8) is 0 Å². The number of Topliss-reactive ketones (excluding diaryl/α,β-unsaturated/α-hetero) is 1. The highest BCUT2D eigenvalue weighted by Crippen LogP contribution is 2.14. The molecule has 0 saturated carbocycles. The van der Waals surface area contributed by atoms with Crippen molar-refractivity contribution in [2.24, 2.45) is 0 Å². The van der Waals surface area contributed by atoms with Gasteiger partial charge in [-0.15, -0.1) is 0 Å². The summed E-state index contributed by atoms with van der Waals surface area (Å²) in [5.41, 5.74) is 0. The lowest BCUT2D eigenvalue weighted by Gasteiger charge is -2.24. The van der Waals surface area contributed by atoms with Crippen LogP contribution in [0.5, 0.6) is 0 Å². The highest BCUT2D eigenvalue weighted by molar-refractivity contribution is 5.94. The van der Waals surface area contributed by atoms with E-state index in [4.69, 9.17) is 9.47 Å². The van der Waals surface area contributed by atoms with E-state index >= 15 is 0 Å². The summed E-state index contributed by atoms with van der Waals surface area (Å²) in [5, 5.41) is 0. The zero-order chi connectivity index (χ0) is 26.9. The van der Waals surface area contributed by atoms with Crippen LogP contribution in [0.2, 0.25) is 0 Å². The molecule has 0 aliphatic carbocycles. The highest BCUT2D eigenvalue weighted by atomic mass is 16.6. The van der Waals surface area contributed by atoms with Crippen LogP contribution in [-0.2, 0) is 19.1 Å². The number of hydrogen-bond acceptors (Lipinski definition) is 4. The number of hydrogen-bond donors (Lipinski definition) is 0. The number of esters is 1. The van der Waals surface area contributed by atoms with Gasteiger partial charge in [-0.3, -0.25) is 9.59 Å². The molecule has 0 bridgehead atoms. The normalized spacial score (nSPS) is 12.6. The van der Waals surface area contributed by atoms with Crippen molar-refractivity contribution in [2.75, 3.05) is 40.9 Å². The predicted octanol–water partition coefficient (Wildman–Crippen LogP) is 7.85. The molecule has 0 amide bonds. The number of ketones is 1. The average molecular weight is 512 g/mol. The van der Waals surface area contributed by atoms with Gasteiger partial charge in [0.25, 0.3) is 0 Å².